The molecule has 0 unspecified atom stereocenters. The first-order valence-corrected chi connectivity index (χ1v) is 6.91. The van der Waals surface area contributed by atoms with Gasteiger partial charge in [0.15, 0.2) is 0 Å². The SMILES string of the molecule is Cn1cc(Sc2ccc(Cl)cc2)c2ccccc21. The molecule has 0 saturated carbocycles. The predicted octanol–water partition coefficient (Wildman–Crippen LogP) is 4.98. The van der Waals surface area contributed by atoms with Crippen LogP contribution in [0.2, 0.25) is 5.02 Å². The quantitative estimate of drug-likeness (QED) is 0.637. The van der Waals surface area contributed by atoms with Gasteiger partial charge in [0.1, 0.15) is 0 Å². The Morgan fingerprint density at radius 1 is 1.00 bits per heavy atom. The molecule has 3 rings (SSSR count). The molecule has 3 heteroatoms. The van der Waals surface area contributed by atoms with Crippen LogP contribution < -0.4 is 0 Å². The summed E-state index contributed by atoms with van der Waals surface area (Å²) >= 11 is 7.67. The van der Waals surface area contributed by atoms with Crippen molar-refractivity contribution in [1.82, 2.24) is 4.57 Å². The molecule has 2 aromatic carbocycles. The molecule has 0 aliphatic heterocycles. The lowest BCUT2D eigenvalue weighted by Crippen LogP contribution is -1.81. The Morgan fingerprint density at radius 3 is 2.50 bits per heavy atom. The lowest BCUT2D eigenvalue weighted by atomic mass is 10.2. The maximum absolute atomic E-state index is 5.90. The zero-order valence-corrected chi connectivity index (χ0v) is 11.5. The van der Waals surface area contributed by atoms with Gasteiger partial charge in [0, 0.05) is 39.0 Å². The van der Waals surface area contributed by atoms with Crippen molar-refractivity contribution in [3.05, 3.63) is 59.8 Å². The van der Waals surface area contributed by atoms with E-state index in [9.17, 15) is 0 Å². The molecule has 90 valence electrons. The molecule has 0 bridgehead atoms. The summed E-state index contributed by atoms with van der Waals surface area (Å²) in [6, 6.07) is 16.4. The molecule has 18 heavy (non-hydrogen) atoms. The van der Waals surface area contributed by atoms with Crippen LogP contribution in [0.3, 0.4) is 0 Å². The zero-order chi connectivity index (χ0) is 12.5. The van der Waals surface area contributed by atoms with Crippen LogP contribution in [0.5, 0.6) is 0 Å². The Balaban J connectivity index is 2.02. The molecule has 0 aliphatic rings. The van der Waals surface area contributed by atoms with Gasteiger partial charge in [-0.1, -0.05) is 41.6 Å². The average Bonchev–Trinajstić information content (AvgIpc) is 2.70. The van der Waals surface area contributed by atoms with E-state index in [1.165, 1.54) is 20.7 Å². The first-order chi connectivity index (χ1) is 8.74. The number of aromatic nitrogens is 1. The molecular weight excluding hydrogens is 262 g/mol. The number of aryl methyl sites for hydroxylation is 1. The van der Waals surface area contributed by atoms with Gasteiger partial charge < -0.3 is 4.57 Å². The van der Waals surface area contributed by atoms with E-state index >= 15 is 0 Å². The van der Waals surface area contributed by atoms with Gasteiger partial charge in [-0.15, -0.1) is 0 Å². The fourth-order valence-electron chi connectivity index (χ4n) is 2.02. The van der Waals surface area contributed by atoms with Gasteiger partial charge in [0.05, 0.1) is 0 Å². The number of para-hydroxylation sites is 1. The summed E-state index contributed by atoms with van der Waals surface area (Å²) in [5.74, 6) is 0. The summed E-state index contributed by atoms with van der Waals surface area (Å²) in [4.78, 5) is 2.48. The van der Waals surface area contributed by atoms with Crippen LogP contribution in [-0.2, 0) is 7.05 Å². The number of nitrogens with zero attached hydrogens (tertiary/aromatic N) is 1. The van der Waals surface area contributed by atoms with Gasteiger partial charge in [-0.3, -0.25) is 0 Å². The summed E-state index contributed by atoms with van der Waals surface area (Å²) < 4.78 is 2.16. The van der Waals surface area contributed by atoms with Gasteiger partial charge in [-0.2, -0.15) is 0 Å². The molecule has 1 heterocycles. The standard InChI is InChI=1S/C15H12ClNS/c1-17-10-15(13-4-2-3-5-14(13)17)18-12-8-6-11(16)7-9-12/h2-10H,1H3. The van der Waals surface area contributed by atoms with E-state index in [-0.39, 0.29) is 0 Å². The number of hydrogen-bond donors (Lipinski definition) is 0. The maximum Gasteiger partial charge on any atom is 0.0489 e. The minimum atomic E-state index is 0.775. The van der Waals surface area contributed by atoms with E-state index in [0.717, 1.165) is 5.02 Å². The Bertz CT molecular complexity index is 685. The van der Waals surface area contributed by atoms with Crippen molar-refractivity contribution in [2.75, 3.05) is 0 Å². The summed E-state index contributed by atoms with van der Waals surface area (Å²) in [7, 11) is 2.08. The first-order valence-electron chi connectivity index (χ1n) is 5.71. The minimum Gasteiger partial charge on any atom is -0.349 e. The molecule has 0 aliphatic carbocycles. The molecule has 3 aromatic rings. The van der Waals surface area contributed by atoms with Crippen molar-refractivity contribution in [2.24, 2.45) is 7.05 Å². The highest BCUT2D eigenvalue weighted by molar-refractivity contribution is 7.99. The summed E-state index contributed by atoms with van der Waals surface area (Å²) in [6.45, 7) is 0. The molecule has 1 aromatic heterocycles. The Labute approximate surface area is 115 Å². The zero-order valence-electron chi connectivity index (χ0n) is 9.93. The molecule has 0 atom stereocenters. The molecule has 0 amide bonds. The van der Waals surface area contributed by atoms with E-state index in [4.69, 9.17) is 11.6 Å². The lowest BCUT2D eigenvalue weighted by Gasteiger charge is -1.99. The topological polar surface area (TPSA) is 4.93 Å². The number of halogens is 1. The fraction of sp³-hybridized carbons (Fsp3) is 0.0667. The third kappa shape index (κ3) is 2.14. The molecule has 1 nitrogen and oxygen atoms in total. The van der Waals surface area contributed by atoms with Gasteiger partial charge in [-0.05, 0) is 30.3 Å². The van der Waals surface area contributed by atoms with Crippen molar-refractivity contribution in [3.8, 4) is 0 Å². The van der Waals surface area contributed by atoms with Crippen molar-refractivity contribution < 1.29 is 0 Å². The van der Waals surface area contributed by atoms with Crippen LogP contribution in [0, 0.1) is 0 Å². The van der Waals surface area contributed by atoms with Crippen molar-refractivity contribution >= 4 is 34.3 Å². The fourth-order valence-corrected chi connectivity index (χ4v) is 3.16. The van der Waals surface area contributed by atoms with Crippen molar-refractivity contribution in [1.29, 1.82) is 0 Å². The summed E-state index contributed by atoms with van der Waals surface area (Å²) in [6.07, 6.45) is 2.17. The molecule has 0 fully saturated rings. The molecule has 0 N–H and O–H groups in total. The van der Waals surface area contributed by atoms with Gasteiger partial charge >= 0.3 is 0 Å². The van der Waals surface area contributed by atoms with E-state index in [2.05, 4.69) is 54.2 Å². The first kappa shape index (κ1) is 11.7. The second-order valence-electron chi connectivity index (χ2n) is 4.18. The van der Waals surface area contributed by atoms with E-state index in [1.807, 2.05) is 12.1 Å². The van der Waals surface area contributed by atoms with Crippen LogP contribution >= 0.6 is 23.4 Å². The van der Waals surface area contributed by atoms with Gasteiger partial charge in [0.2, 0.25) is 0 Å². The second kappa shape index (κ2) is 4.71. The molecular formula is C15H12ClNS. The largest absolute Gasteiger partial charge is 0.349 e. The number of rotatable bonds is 2. The number of benzene rings is 2. The van der Waals surface area contributed by atoms with Crippen molar-refractivity contribution in [3.63, 3.8) is 0 Å². The average molecular weight is 274 g/mol. The van der Waals surface area contributed by atoms with E-state index in [0.29, 0.717) is 0 Å². The molecule has 0 saturated heterocycles. The smallest absolute Gasteiger partial charge is 0.0489 e. The second-order valence-corrected chi connectivity index (χ2v) is 5.73. The normalized spacial score (nSPS) is 11.0. The molecule has 0 spiro atoms. The summed E-state index contributed by atoms with van der Waals surface area (Å²) in [5, 5.41) is 2.07. The highest BCUT2D eigenvalue weighted by Crippen LogP contribution is 2.34. The number of fused-ring (bicyclic) bond motifs is 1. The molecule has 0 radical (unpaired) electrons. The van der Waals surface area contributed by atoms with E-state index < -0.39 is 0 Å². The van der Waals surface area contributed by atoms with Crippen LogP contribution in [0.15, 0.2) is 64.5 Å². The van der Waals surface area contributed by atoms with Crippen LogP contribution in [0.25, 0.3) is 10.9 Å². The maximum atomic E-state index is 5.90. The summed E-state index contributed by atoms with van der Waals surface area (Å²) in [5.41, 5.74) is 1.26. The monoisotopic (exact) mass is 273 g/mol. The highest BCUT2D eigenvalue weighted by atomic mass is 35.5. The number of hydrogen-bond acceptors (Lipinski definition) is 1. The third-order valence-corrected chi connectivity index (χ3v) is 4.21. The highest BCUT2D eigenvalue weighted by Gasteiger charge is 2.07. The Morgan fingerprint density at radius 2 is 1.72 bits per heavy atom. The Kier molecular flexibility index (Phi) is 3.06. The van der Waals surface area contributed by atoms with Crippen molar-refractivity contribution in [2.45, 2.75) is 9.79 Å². The van der Waals surface area contributed by atoms with Gasteiger partial charge in [0.25, 0.3) is 0 Å². The van der Waals surface area contributed by atoms with E-state index in [1.54, 1.807) is 11.8 Å². The minimum absolute atomic E-state index is 0.775. The predicted molar refractivity (Wildman–Crippen MR) is 78.5 cm³/mol. The third-order valence-electron chi connectivity index (χ3n) is 2.90. The van der Waals surface area contributed by atoms with Crippen LogP contribution in [-0.4, -0.2) is 4.57 Å². The lowest BCUT2D eigenvalue weighted by molar-refractivity contribution is 0.957. The van der Waals surface area contributed by atoms with Crippen LogP contribution in [0.4, 0.5) is 0 Å². The van der Waals surface area contributed by atoms with Crippen LogP contribution in [0.1, 0.15) is 0 Å². The van der Waals surface area contributed by atoms with Gasteiger partial charge in [-0.25, -0.2) is 0 Å². The Hall–Kier alpha value is -1.38.